The van der Waals surface area contributed by atoms with E-state index in [0.29, 0.717) is 18.3 Å². The third-order valence-electron chi connectivity index (χ3n) is 3.36. The minimum atomic E-state index is -0.467. The quantitative estimate of drug-likeness (QED) is 0.415. The molecule has 0 unspecified atom stereocenters. The Morgan fingerprint density at radius 1 is 1.28 bits per heavy atom. The summed E-state index contributed by atoms with van der Waals surface area (Å²) in [5.41, 5.74) is 2.76. The molecule has 0 fully saturated rings. The highest BCUT2D eigenvalue weighted by Crippen LogP contribution is 2.22. The lowest BCUT2D eigenvalue weighted by molar-refractivity contribution is -0.129. The molecular weight excluding hydrogens is 382 g/mol. The number of nitrogens with zero attached hydrogens (tertiary/aromatic N) is 1. The van der Waals surface area contributed by atoms with Crippen LogP contribution in [-0.2, 0) is 9.53 Å². The first kappa shape index (κ1) is 17.2. The molecule has 1 heterocycles. The van der Waals surface area contributed by atoms with Crippen molar-refractivity contribution in [3.05, 3.63) is 82.0 Å². The summed E-state index contributed by atoms with van der Waals surface area (Å²) in [6.45, 7) is 6.16. The Balaban J connectivity index is 1.83. The van der Waals surface area contributed by atoms with Crippen LogP contribution in [0.15, 0.2) is 75.8 Å². The van der Waals surface area contributed by atoms with Gasteiger partial charge in [0.1, 0.15) is 12.4 Å². The first-order chi connectivity index (χ1) is 12.0. The Morgan fingerprint density at radius 3 is 2.76 bits per heavy atom. The standard InChI is InChI=1S/C20H16BrNO3/c1-13(2)12-24-17-5-3-4-14(10-17)11-18-20(23)25-19(22-18)15-6-8-16(21)9-7-15/h3-11H,1,12H2,2H3/b18-11+. The molecule has 5 heteroatoms. The molecule has 0 amide bonds. The van der Waals surface area contributed by atoms with E-state index in [-0.39, 0.29) is 5.70 Å². The number of hydrogen-bond donors (Lipinski definition) is 0. The predicted octanol–water partition coefficient (Wildman–Crippen LogP) is 4.75. The van der Waals surface area contributed by atoms with Crippen LogP contribution in [-0.4, -0.2) is 18.5 Å². The molecular formula is C20H16BrNO3. The van der Waals surface area contributed by atoms with Crippen LogP contribution in [0.3, 0.4) is 0 Å². The van der Waals surface area contributed by atoms with Gasteiger partial charge in [0.25, 0.3) is 0 Å². The number of esters is 1. The fraction of sp³-hybridized carbons (Fsp3) is 0.100. The van der Waals surface area contributed by atoms with Gasteiger partial charge in [-0.1, -0.05) is 34.6 Å². The zero-order valence-electron chi connectivity index (χ0n) is 13.7. The molecule has 2 aromatic rings. The number of aliphatic imine (C=N–C) groups is 1. The Kier molecular flexibility index (Phi) is 5.14. The van der Waals surface area contributed by atoms with Gasteiger partial charge in [0.2, 0.25) is 5.90 Å². The molecule has 0 bridgehead atoms. The Morgan fingerprint density at radius 2 is 2.04 bits per heavy atom. The number of rotatable bonds is 5. The minimum absolute atomic E-state index is 0.259. The van der Waals surface area contributed by atoms with E-state index in [1.54, 1.807) is 6.08 Å². The van der Waals surface area contributed by atoms with Crippen LogP contribution in [0.4, 0.5) is 0 Å². The average Bonchev–Trinajstić information content (AvgIpc) is 2.95. The smallest absolute Gasteiger partial charge is 0.363 e. The fourth-order valence-electron chi connectivity index (χ4n) is 2.18. The number of halogens is 1. The van der Waals surface area contributed by atoms with Gasteiger partial charge in [0.05, 0.1) is 0 Å². The lowest BCUT2D eigenvalue weighted by Crippen LogP contribution is -2.05. The van der Waals surface area contributed by atoms with E-state index in [0.717, 1.165) is 21.2 Å². The van der Waals surface area contributed by atoms with Gasteiger partial charge in [-0.2, -0.15) is 0 Å². The van der Waals surface area contributed by atoms with Gasteiger partial charge in [-0.15, -0.1) is 0 Å². The summed E-state index contributed by atoms with van der Waals surface area (Å²) >= 11 is 3.37. The number of cyclic esters (lactones) is 1. The van der Waals surface area contributed by atoms with Crippen molar-refractivity contribution in [3.8, 4) is 5.75 Å². The van der Waals surface area contributed by atoms with Gasteiger partial charge < -0.3 is 9.47 Å². The van der Waals surface area contributed by atoms with Crippen molar-refractivity contribution in [1.82, 2.24) is 0 Å². The largest absolute Gasteiger partial charge is 0.489 e. The summed E-state index contributed by atoms with van der Waals surface area (Å²) in [5.74, 6) is 0.547. The molecule has 2 aromatic carbocycles. The molecule has 1 aliphatic rings. The zero-order chi connectivity index (χ0) is 17.8. The zero-order valence-corrected chi connectivity index (χ0v) is 15.2. The first-order valence-corrected chi connectivity index (χ1v) is 8.46. The Labute approximate surface area is 154 Å². The topological polar surface area (TPSA) is 47.9 Å². The third-order valence-corrected chi connectivity index (χ3v) is 3.89. The van der Waals surface area contributed by atoms with Gasteiger partial charge in [-0.25, -0.2) is 9.79 Å². The van der Waals surface area contributed by atoms with E-state index >= 15 is 0 Å². The lowest BCUT2D eigenvalue weighted by Gasteiger charge is -2.06. The SMILES string of the molecule is C=C(C)COc1cccc(/C=C2/N=C(c3ccc(Br)cc3)OC2=O)c1. The van der Waals surface area contributed by atoms with E-state index in [4.69, 9.17) is 9.47 Å². The summed E-state index contributed by atoms with van der Waals surface area (Å²) < 4.78 is 11.8. The van der Waals surface area contributed by atoms with Crippen LogP contribution in [0.1, 0.15) is 18.1 Å². The molecule has 25 heavy (non-hydrogen) atoms. The van der Waals surface area contributed by atoms with Crippen LogP contribution in [0.5, 0.6) is 5.75 Å². The molecule has 4 nitrogen and oxygen atoms in total. The van der Waals surface area contributed by atoms with Crippen LogP contribution in [0, 0.1) is 0 Å². The second kappa shape index (κ2) is 7.49. The van der Waals surface area contributed by atoms with Crippen molar-refractivity contribution in [3.63, 3.8) is 0 Å². The molecule has 0 spiro atoms. The highest BCUT2D eigenvalue weighted by atomic mass is 79.9. The van der Waals surface area contributed by atoms with Gasteiger partial charge >= 0.3 is 5.97 Å². The van der Waals surface area contributed by atoms with Gasteiger partial charge in [0.15, 0.2) is 5.70 Å². The highest BCUT2D eigenvalue weighted by molar-refractivity contribution is 9.10. The van der Waals surface area contributed by atoms with Gasteiger partial charge in [0, 0.05) is 10.0 Å². The van der Waals surface area contributed by atoms with Crippen molar-refractivity contribution < 1.29 is 14.3 Å². The molecule has 0 aliphatic carbocycles. The molecule has 126 valence electrons. The second-order valence-electron chi connectivity index (χ2n) is 5.66. The monoisotopic (exact) mass is 397 g/mol. The van der Waals surface area contributed by atoms with E-state index in [2.05, 4.69) is 27.5 Å². The molecule has 3 rings (SSSR count). The molecule has 0 N–H and O–H groups in total. The minimum Gasteiger partial charge on any atom is -0.489 e. The number of carbonyl (C=O) groups excluding carboxylic acids is 1. The maximum Gasteiger partial charge on any atom is 0.363 e. The van der Waals surface area contributed by atoms with Crippen LogP contribution in [0.2, 0.25) is 0 Å². The summed E-state index contributed by atoms with van der Waals surface area (Å²) in [6.07, 6.45) is 1.68. The lowest BCUT2D eigenvalue weighted by atomic mass is 10.2. The maximum atomic E-state index is 12.1. The molecule has 0 aromatic heterocycles. The molecule has 0 saturated carbocycles. The molecule has 0 atom stereocenters. The Hall–Kier alpha value is -2.66. The first-order valence-electron chi connectivity index (χ1n) is 7.67. The second-order valence-corrected chi connectivity index (χ2v) is 6.58. The summed E-state index contributed by atoms with van der Waals surface area (Å²) in [4.78, 5) is 16.4. The van der Waals surface area contributed by atoms with Crippen LogP contribution < -0.4 is 4.74 Å². The highest BCUT2D eigenvalue weighted by Gasteiger charge is 2.24. The van der Waals surface area contributed by atoms with Crippen LogP contribution >= 0.6 is 15.9 Å². The van der Waals surface area contributed by atoms with E-state index in [9.17, 15) is 4.79 Å². The van der Waals surface area contributed by atoms with Crippen molar-refractivity contribution in [2.45, 2.75) is 6.92 Å². The van der Waals surface area contributed by atoms with Crippen molar-refractivity contribution in [1.29, 1.82) is 0 Å². The molecule has 0 radical (unpaired) electrons. The summed E-state index contributed by atoms with van der Waals surface area (Å²) in [7, 11) is 0. The predicted molar refractivity (Wildman–Crippen MR) is 101 cm³/mol. The van der Waals surface area contributed by atoms with E-state index in [1.807, 2.05) is 55.5 Å². The summed E-state index contributed by atoms with van der Waals surface area (Å²) in [6, 6.07) is 14.9. The van der Waals surface area contributed by atoms with Gasteiger partial charge in [-0.05, 0) is 60.5 Å². The van der Waals surface area contributed by atoms with E-state index < -0.39 is 5.97 Å². The number of ether oxygens (including phenoxy) is 2. The number of benzene rings is 2. The molecule has 0 saturated heterocycles. The molecule has 1 aliphatic heterocycles. The van der Waals surface area contributed by atoms with Crippen molar-refractivity contribution in [2.24, 2.45) is 4.99 Å². The average molecular weight is 398 g/mol. The maximum absolute atomic E-state index is 12.1. The number of carbonyl (C=O) groups is 1. The summed E-state index contributed by atoms with van der Waals surface area (Å²) in [5, 5.41) is 0. The van der Waals surface area contributed by atoms with Crippen molar-refractivity contribution in [2.75, 3.05) is 6.61 Å². The normalized spacial score (nSPS) is 15.0. The van der Waals surface area contributed by atoms with E-state index in [1.165, 1.54) is 0 Å². The third kappa shape index (κ3) is 4.45. The Bertz CT molecular complexity index is 882. The number of hydrogen-bond acceptors (Lipinski definition) is 4. The fourth-order valence-corrected chi connectivity index (χ4v) is 2.45. The van der Waals surface area contributed by atoms with Crippen molar-refractivity contribution >= 4 is 33.9 Å². The van der Waals surface area contributed by atoms with Gasteiger partial charge in [-0.3, -0.25) is 0 Å². The van der Waals surface area contributed by atoms with Crippen LogP contribution in [0.25, 0.3) is 6.08 Å².